The van der Waals surface area contributed by atoms with Gasteiger partial charge in [-0.25, -0.2) is 4.98 Å². The molecule has 0 unspecified atom stereocenters. The molecule has 1 aromatic heterocycles. The number of nitrogens with zero attached hydrogens (tertiary/aromatic N) is 2. The van der Waals surface area contributed by atoms with E-state index in [0.29, 0.717) is 6.04 Å². The second-order valence-electron chi connectivity index (χ2n) is 4.28. The van der Waals surface area contributed by atoms with Crippen LogP contribution in [0.15, 0.2) is 41.4 Å². The molecule has 0 spiro atoms. The number of halogens is 1. The number of hydrogen-bond acceptors (Lipinski definition) is 2. The van der Waals surface area contributed by atoms with E-state index < -0.39 is 0 Å². The minimum absolute atomic E-state index is 0.476. The van der Waals surface area contributed by atoms with Crippen LogP contribution in [0, 0.1) is 0 Å². The van der Waals surface area contributed by atoms with Crippen LogP contribution in [0.3, 0.4) is 0 Å². The van der Waals surface area contributed by atoms with E-state index in [-0.39, 0.29) is 0 Å². The quantitative estimate of drug-likeness (QED) is 0.939. The average molecular weight is 294 g/mol. The molecule has 0 saturated heterocycles. The summed E-state index contributed by atoms with van der Waals surface area (Å²) in [6.45, 7) is 5.15. The number of nitrogens with one attached hydrogen (secondary N) is 1. The lowest BCUT2D eigenvalue weighted by atomic mass is 10.1. The lowest BCUT2D eigenvalue weighted by Crippen LogP contribution is -2.22. The molecule has 1 N–H and O–H groups in total. The maximum Gasteiger partial charge on any atom is 0.0991 e. The monoisotopic (exact) mass is 293 g/mol. The van der Waals surface area contributed by atoms with Gasteiger partial charge in [0.05, 0.1) is 12.0 Å². The summed E-state index contributed by atoms with van der Waals surface area (Å²) < 4.78 is 3.13. The Labute approximate surface area is 110 Å². The van der Waals surface area contributed by atoms with Gasteiger partial charge in [0.15, 0.2) is 0 Å². The summed E-state index contributed by atoms with van der Waals surface area (Å²) in [5, 5.41) is 3.44. The second kappa shape index (κ2) is 5.47. The zero-order valence-corrected chi connectivity index (χ0v) is 11.6. The van der Waals surface area contributed by atoms with Crippen LogP contribution in [0.25, 0.3) is 5.69 Å². The predicted molar refractivity (Wildman–Crippen MR) is 73.2 cm³/mol. The predicted octanol–water partition coefficient (Wildman–Crippen LogP) is 3.13. The van der Waals surface area contributed by atoms with Crippen molar-refractivity contribution in [2.24, 2.45) is 0 Å². The molecule has 0 radical (unpaired) electrons. The molecule has 3 nitrogen and oxygen atoms in total. The van der Waals surface area contributed by atoms with Crippen LogP contribution in [0.1, 0.15) is 19.4 Å². The number of rotatable bonds is 4. The number of hydrogen-bond donors (Lipinski definition) is 1. The first kappa shape index (κ1) is 12.3. The smallest absolute Gasteiger partial charge is 0.0991 e. The number of aromatic nitrogens is 2. The van der Waals surface area contributed by atoms with Gasteiger partial charge in [-0.1, -0.05) is 29.8 Å². The third-order valence-electron chi connectivity index (χ3n) is 2.52. The summed E-state index contributed by atoms with van der Waals surface area (Å²) in [6.07, 6.45) is 5.58. The van der Waals surface area contributed by atoms with Gasteiger partial charge in [-0.15, -0.1) is 0 Å². The average Bonchev–Trinajstić information content (AvgIpc) is 2.80. The molecular weight excluding hydrogens is 278 g/mol. The molecule has 0 aliphatic rings. The molecule has 0 aliphatic heterocycles. The van der Waals surface area contributed by atoms with Crippen LogP contribution < -0.4 is 5.32 Å². The van der Waals surface area contributed by atoms with E-state index in [0.717, 1.165) is 11.0 Å². The van der Waals surface area contributed by atoms with Crippen molar-refractivity contribution >= 4 is 15.9 Å². The maximum absolute atomic E-state index is 4.09. The first-order valence-corrected chi connectivity index (χ1v) is 6.46. The van der Waals surface area contributed by atoms with Gasteiger partial charge in [0.2, 0.25) is 0 Å². The molecule has 17 heavy (non-hydrogen) atoms. The van der Waals surface area contributed by atoms with Crippen LogP contribution in [-0.2, 0) is 6.54 Å². The number of imidazole rings is 1. The zero-order chi connectivity index (χ0) is 12.3. The van der Waals surface area contributed by atoms with E-state index >= 15 is 0 Å². The Hall–Kier alpha value is -1.13. The molecule has 2 rings (SSSR count). The first-order chi connectivity index (χ1) is 8.16. The van der Waals surface area contributed by atoms with Crippen LogP contribution in [0.4, 0.5) is 0 Å². The van der Waals surface area contributed by atoms with Crippen LogP contribution >= 0.6 is 15.9 Å². The second-order valence-corrected chi connectivity index (χ2v) is 5.19. The summed E-state index contributed by atoms with van der Waals surface area (Å²) >= 11 is 3.51. The molecule has 0 aliphatic carbocycles. The van der Waals surface area contributed by atoms with Crippen LogP contribution in [0.2, 0.25) is 0 Å². The highest BCUT2D eigenvalue weighted by Crippen LogP contribution is 2.20. The largest absolute Gasteiger partial charge is 0.310 e. The summed E-state index contributed by atoms with van der Waals surface area (Å²) in [5.41, 5.74) is 2.42. The highest BCUT2D eigenvalue weighted by Gasteiger charge is 2.05. The lowest BCUT2D eigenvalue weighted by molar-refractivity contribution is 0.587. The Balaban J connectivity index is 2.31. The van der Waals surface area contributed by atoms with Crippen molar-refractivity contribution in [3.63, 3.8) is 0 Å². The van der Waals surface area contributed by atoms with Crippen molar-refractivity contribution in [3.05, 3.63) is 47.0 Å². The minimum atomic E-state index is 0.476. The van der Waals surface area contributed by atoms with Crippen molar-refractivity contribution in [2.45, 2.75) is 26.4 Å². The van der Waals surface area contributed by atoms with E-state index in [1.54, 1.807) is 6.20 Å². The third-order valence-corrected chi connectivity index (χ3v) is 3.02. The SMILES string of the molecule is CC(C)NCc1cc(Br)ccc1-n1ccnc1. The Morgan fingerprint density at radius 1 is 1.41 bits per heavy atom. The van der Waals surface area contributed by atoms with E-state index in [1.165, 1.54) is 11.3 Å². The first-order valence-electron chi connectivity index (χ1n) is 5.67. The number of benzene rings is 1. The standard InChI is InChI=1S/C13H16BrN3/c1-10(2)16-8-11-7-12(14)3-4-13(11)17-6-5-15-9-17/h3-7,9-10,16H,8H2,1-2H3. The summed E-state index contributed by atoms with van der Waals surface area (Å²) in [7, 11) is 0. The topological polar surface area (TPSA) is 29.9 Å². The molecule has 90 valence electrons. The molecule has 0 atom stereocenters. The minimum Gasteiger partial charge on any atom is -0.310 e. The molecule has 0 amide bonds. The van der Waals surface area contributed by atoms with Crippen molar-refractivity contribution in [2.75, 3.05) is 0 Å². The van der Waals surface area contributed by atoms with E-state index in [9.17, 15) is 0 Å². The van der Waals surface area contributed by atoms with Crippen LogP contribution in [-0.4, -0.2) is 15.6 Å². The Kier molecular flexibility index (Phi) is 3.97. The fourth-order valence-electron chi connectivity index (χ4n) is 1.66. The normalized spacial score (nSPS) is 11.1. The van der Waals surface area contributed by atoms with E-state index in [2.05, 4.69) is 52.2 Å². The molecule has 0 saturated carbocycles. The molecule has 0 fully saturated rings. The van der Waals surface area contributed by atoms with Gasteiger partial charge in [0.1, 0.15) is 0 Å². The fourth-order valence-corrected chi connectivity index (χ4v) is 2.07. The summed E-state index contributed by atoms with van der Waals surface area (Å²) in [6, 6.07) is 6.77. The van der Waals surface area contributed by atoms with Crippen molar-refractivity contribution in [1.82, 2.24) is 14.9 Å². The Morgan fingerprint density at radius 3 is 2.88 bits per heavy atom. The Bertz CT molecular complexity index is 477. The van der Waals surface area contributed by atoms with Gasteiger partial charge < -0.3 is 9.88 Å². The van der Waals surface area contributed by atoms with E-state index in [1.807, 2.05) is 23.2 Å². The fraction of sp³-hybridized carbons (Fsp3) is 0.308. The highest BCUT2D eigenvalue weighted by molar-refractivity contribution is 9.10. The van der Waals surface area contributed by atoms with Crippen molar-refractivity contribution in [1.29, 1.82) is 0 Å². The Morgan fingerprint density at radius 2 is 2.24 bits per heavy atom. The lowest BCUT2D eigenvalue weighted by Gasteiger charge is -2.13. The summed E-state index contributed by atoms with van der Waals surface area (Å²) in [4.78, 5) is 4.09. The maximum atomic E-state index is 4.09. The van der Waals surface area contributed by atoms with Gasteiger partial charge in [0, 0.05) is 29.5 Å². The van der Waals surface area contributed by atoms with Crippen molar-refractivity contribution < 1.29 is 0 Å². The molecule has 1 heterocycles. The van der Waals surface area contributed by atoms with Gasteiger partial charge in [-0.3, -0.25) is 0 Å². The molecule has 4 heteroatoms. The highest BCUT2D eigenvalue weighted by atomic mass is 79.9. The zero-order valence-electron chi connectivity index (χ0n) is 10.0. The van der Waals surface area contributed by atoms with Crippen LogP contribution in [0.5, 0.6) is 0 Å². The van der Waals surface area contributed by atoms with Crippen molar-refractivity contribution in [3.8, 4) is 5.69 Å². The van der Waals surface area contributed by atoms with Gasteiger partial charge >= 0.3 is 0 Å². The van der Waals surface area contributed by atoms with Gasteiger partial charge in [0.25, 0.3) is 0 Å². The van der Waals surface area contributed by atoms with E-state index in [4.69, 9.17) is 0 Å². The molecule has 0 bridgehead atoms. The third kappa shape index (κ3) is 3.17. The van der Waals surface area contributed by atoms with Gasteiger partial charge in [-0.2, -0.15) is 0 Å². The summed E-state index contributed by atoms with van der Waals surface area (Å²) in [5.74, 6) is 0. The molecular formula is C13H16BrN3. The van der Waals surface area contributed by atoms with Gasteiger partial charge in [-0.05, 0) is 23.8 Å². The molecule has 2 aromatic rings. The molecule has 1 aromatic carbocycles.